The van der Waals surface area contributed by atoms with Crippen molar-refractivity contribution in [1.82, 2.24) is 4.98 Å². The Bertz CT molecular complexity index is 319. The lowest BCUT2D eigenvalue weighted by Crippen LogP contribution is -2.09. The van der Waals surface area contributed by atoms with Crippen LogP contribution in [0.1, 0.15) is 0 Å². The van der Waals surface area contributed by atoms with Crippen LogP contribution in [0.25, 0.3) is 0 Å². The van der Waals surface area contributed by atoms with E-state index in [0.717, 1.165) is 6.26 Å². The Morgan fingerprint density at radius 2 is 2.33 bits per heavy atom. The number of oxazole rings is 1. The molecule has 0 unspecified atom stereocenters. The molecule has 0 aliphatic rings. The highest BCUT2D eigenvalue weighted by atomic mass is 32.2. The van der Waals surface area contributed by atoms with E-state index < -0.39 is 17.1 Å². The molecule has 0 saturated carbocycles. The van der Waals surface area contributed by atoms with Gasteiger partial charge in [0.05, 0.1) is 6.20 Å². The third-order valence-electron chi connectivity index (χ3n) is 0.729. The fourth-order valence-electron chi connectivity index (χ4n) is 0.412. The molecule has 0 aliphatic carbocycles. The van der Waals surface area contributed by atoms with Gasteiger partial charge in [-0.25, -0.2) is 4.79 Å². The van der Waals surface area contributed by atoms with Crippen LogP contribution in [-0.4, -0.2) is 19.6 Å². The van der Waals surface area contributed by atoms with Crippen molar-refractivity contribution in [2.24, 2.45) is 0 Å². The number of carbonyl (C=O) groups is 1. The van der Waals surface area contributed by atoms with Crippen molar-refractivity contribution in [3.05, 3.63) is 12.5 Å². The van der Waals surface area contributed by atoms with Gasteiger partial charge < -0.3 is 13.3 Å². The highest BCUT2D eigenvalue weighted by Gasteiger charge is 2.09. The predicted octanol–water partition coefficient (Wildman–Crippen LogP) is -0.284. The Balaban J connectivity index is 2.48. The van der Waals surface area contributed by atoms with Gasteiger partial charge in [0.2, 0.25) is 0 Å². The van der Waals surface area contributed by atoms with E-state index in [4.69, 9.17) is 0 Å². The summed E-state index contributed by atoms with van der Waals surface area (Å²) in [6, 6.07) is 0. The number of nitrogens with zero attached hydrogens (tertiary/aromatic N) is 1. The molecule has 1 rings (SSSR count). The average molecular weight is 193 g/mol. The first-order chi connectivity index (χ1) is 5.68. The van der Waals surface area contributed by atoms with E-state index in [2.05, 4.69) is 18.3 Å². The molecule has 0 fully saturated rings. The third kappa shape index (κ3) is 2.58. The van der Waals surface area contributed by atoms with Crippen LogP contribution in [0.2, 0.25) is 0 Å². The van der Waals surface area contributed by atoms with Gasteiger partial charge in [0.1, 0.15) is 6.26 Å². The molecule has 1 heterocycles. The van der Waals surface area contributed by atoms with Gasteiger partial charge in [-0.15, -0.1) is 0 Å². The minimum absolute atomic E-state index is 0.378. The first-order valence-corrected chi connectivity index (χ1v) is 3.71. The van der Waals surface area contributed by atoms with Gasteiger partial charge in [-0.2, -0.15) is 13.4 Å². The molecule has 66 valence electrons. The van der Waals surface area contributed by atoms with Crippen LogP contribution in [0.3, 0.4) is 0 Å². The first kappa shape index (κ1) is 8.53. The Hall–Kier alpha value is -1.57. The molecule has 0 amide bonds. The summed E-state index contributed by atoms with van der Waals surface area (Å²) in [5.74, 6) is 0. The van der Waals surface area contributed by atoms with E-state index in [1.807, 2.05) is 0 Å². The number of aromatic nitrogens is 1. The van der Waals surface area contributed by atoms with Gasteiger partial charge in [0.25, 0.3) is 0 Å². The highest BCUT2D eigenvalue weighted by Crippen LogP contribution is 2.04. The fourth-order valence-corrected chi connectivity index (χ4v) is 0.571. The second-order valence-corrected chi connectivity index (χ2v) is 2.09. The van der Waals surface area contributed by atoms with Crippen LogP contribution in [0, 0.1) is 0 Å². The van der Waals surface area contributed by atoms with Gasteiger partial charge >= 0.3 is 23.2 Å². The van der Waals surface area contributed by atoms with Crippen molar-refractivity contribution in [1.29, 1.82) is 0 Å². The lowest BCUT2D eigenvalue weighted by Gasteiger charge is -1.92. The minimum atomic E-state index is -3.27. The highest BCUT2D eigenvalue weighted by molar-refractivity contribution is 7.67. The molecule has 1 aromatic heterocycles. The van der Waals surface area contributed by atoms with Crippen molar-refractivity contribution in [2.75, 3.05) is 0 Å². The summed E-state index contributed by atoms with van der Waals surface area (Å²) >= 11 is 0. The predicted molar refractivity (Wildman–Crippen MR) is 33.9 cm³/mol. The molecule has 0 spiro atoms. The summed E-state index contributed by atoms with van der Waals surface area (Å²) in [5, 5.41) is 0. The maximum Gasteiger partial charge on any atom is 0.533 e. The SMILES string of the molecule is O=C(Oc1ncco1)O[SH](=O)=O. The van der Waals surface area contributed by atoms with Crippen LogP contribution in [0.15, 0.2) is 16.9 Å². The molecule has 0 aromatic carbocycles. The number of hydrogen-bond acceptors (Lipinski definition) is 7. The quantitative estimate of drug-likeness (QED) is 0.509. The van der Waals surface area contributed by atoms with Crippen LogP contribution in [0.4, 0.5) is 4.79 Å². The van der Waals surface area contributed by atoms with Crippen LogP contribution in [-0.2, 0) is 15.2 Å². The van der Waals surface area contributed by atoms with E-state index in [0.29, 0.717) is 0 Å². The summed E-state index contributed by atoms with van der Waals surface area (Å²) in [4.78, 5) is 13.8. The maximum atomic E-state index is 10.4. The largest absolute Gasteiger partial charge is 0.533 e. The zero-order chi connectivity index (χ0) is 8.97. The molecular formula is C4H3NO6S. The molecule has 12 heavy (non-hydrogen) atoms. The Morgan fingerprint density at radius 3 is 2.83 bits per heavy atom. The molecular weight excluding hydrogens is 190 g/mol. The summed E-state index contributed by atoms with van der Waals surface area (Å²) in [6.45, 7) is 0. The average Bonchev–Trinajstić information content (AvgIpc) is 2.37. The first-order valence-electron chi connectivity index (χ1n) is 2.62. The normalized spacial score (nSPS) is 9.75. The number of ether oxygens (including phenoxy) is 1. The van der Waals surface area contributed by atoms with Crippen LogP contribution in [0.5, 0.6) is 6.08 Å². The molecule has 0 radical (unpaired) electrons. The van der Waals surface area contributed by atoms with Gasteiger partial charge in [0.15, 0.2) is 0 Å². The molecule has 0 bridgehead atoms. The van der Waals surface area contributed by atoms with Crippen LogP contribution < -0.4 is 4.74 Å². The molecule has 7 nitrogen and oxygen atoms in total. The van der Waals surface area contributed by atoms with Gasteiger partial charge in [-0.1, -0.05) is 0 Å². The Labute approximate surface area is 68.1 Å². The molecule has 1 aromatic rings. The standard InChI is InChI=1S/C4H3NO6S/c6-4(11-12(7)8)10-3-5-1-2-9-3/h1-2,12H. The van der Waals surface area contributed by atoms with E-state index in [1.165, 1.54) is 6.20 Å². The number of carbonyl (C=O) groups excluding carboxylic acids is 1. The Morgan fingerprint density at radius 1 is 1.58 bits per heavy atom. The molecule has 0 N–H and O–H groups in total. The van der Waals surface area contributed by atoms with E-state index in [1.54, 1.807) is 0 Å². The lowest BCUT2D eigenvalue weighted by molar-refractivity contribution is 0.141. The summed E-state index contributed by atoms with van der Waals surface area (Å²) in [5.41, 5.74) is 0. The summed E-state index contributed by atoms with van der Waals surface area (Å²) in [7, 11) is -3.27. The van der Waals surface area contributed by atoms with Crippen molar-refractivity contribution in [2.45, 2.75) is 0 Å². The molecule has 8 heteroatoms. The summed E-state index contributed by atoms with van der Waals surface area (Å²) < 4.78 is 31.8. The molecule has 0 atom stereocenters. The number of hydrogen-bond donors (Lipinski definition) is 1. The molecule has 0 saturated heterocycles. The van der Waals surface area contributed by atoms with E-state index >= 15 is 0 Å². The number of rotatable bonds is 2. The lowest BCUT2D eigenvalue weighted by atomic mass is 11.0. The van der Waals surface area contributed by atoms with Crippen molar-refractivity contribution < 1.29 is 26.5 Å². The number of thiol groups is 1. The Kier molecular flexibility index (Phi) is 2.64. The smallest absolute Gasteiger partial charge is 0.417 e. The summed E-state index contributed by atoms with van der Waals surface area (Å²) in [6.07, 6.45) is 0.588. The second kappa shape index (κ2) is 3.72. The van der Waals surface area contributed by atoms with E-state index in [9.17, 15) is 13.2 Å². The molecule has 0 aliphatic heterocycles. The van der Waals surface area contributed by atoms with E-state index in [-0.39, 0.29) is 6.08 Å². The maximum absolute atomic E-state index is 10.4. The minimum Gasteiger partial charge on any atom is -0.417 e. The topological polar surface area (TPSA) is 95.7 Å². The monoisotopic (exact) mass is 193 g/mol. The van der Waals surface area contributed by atoms with Crippen molar-refractivity contribution in [3.8, 4) is 6.08 Å². The fraction of sp³-hybridized carbons (Fsp3) is 0. The van der Waals surface area contributed by atoms with Gasteiger partial charge in [-0.05, 0) is 0 Å². The van der Waals surface area contributed by atoms with Crippen LogP contribution >= 0.6 is 0 Å². The zero-order valence-electron chi connectivity index (χ0n) is 5.50. The van der Waals surface area contributed by atoms with Gasteiger partial charge in [0, 0.05) is 0 Å². The van der Waals surface area contributed by atoms with Crippen molar-refractivity contribution >= 4 is 17.1 Å². The van der Waals surface area contributed by atoms with Gasteiger partial charge in [-0.3, -0.25) is 0 Å². The third-order valence-corrected chi connectivity index (χ3v) is 1.03. The van der Waals surface area contributed by atoms with Crippen molar-refractivity contribution in [3.63, 3.8) is 0 Å². The second-order valence-electron chi connectivity index (χ2n) is 1.46. The zero-order valence-corrected chi connectivity index (χ0v) is 6.39.